The van der Waals surface area contributed by atoms with E-state index in [2.05, 4.69) is 10.0 Å². The molecule has 0 aromatic carbocycles. The summed E-state index contributed by atoms with van der Waals surface area (Å²) in [5, 5.41) is 3.49. The van der Waals surface area contributed by atoms with Crippen molar-refractivity contribution in [3.8, 4) is 0 Å². The van der Waals surface area contributed by atoms with Crippen molar-refractivity contribution in [2.45, 2.75) is 89.6 Å². The molecular weight excluding hydrogens is 342 g/mol. The number of hydrogen-bond donors (Lipinski definition) is 2. The molecule has 1 amide bonds. The van der Waals surface area contributed by atoms with Crippen LogP contribution in [0.5, 0.6) is 0 Å². The molecule has 2 rings (SSSR count). The van der Waals surface area contributed by atoms with Crippen LogP contribution in [0.25, 0.3) is 0 Å². The number of piperidine rings is 1. The van der Waals surface area contributed by atoms with Crippen LogP contribution in [0.15, 0.2) is 0 Å². The molecule has 0 aromatic rings. The number of ether oxygens (including phenoxy) is 1. The number of sulfonamides is 1. The Morgan fingerprint density at radius 1 is 1.12 bits per heavy atom. The first-order chi connectivity index (χ1) is 11.3. The van der Waals surface area contributed by atoms with Gasteiger partial charge in [-0.2, -0.15) is 0 Å². The molecule has 2 aliphatic heterocycles. The number of amides is 1. The number of carbonyl (C=O) groups is 1. The molecule has 0 saturated carbocycles. The molecule has 0 aliphatic carbocycles. The molecule has 0 aromatic heterocycles. The molecule has 0 radical (unpaired) electrons. The molecule has 2 bridgehead atoms. The standard InChI is InChI=1S/C17H33N3O4S/c1-16(2,3)24-15(21)20-13-7-8-14(20)10-12(9-13)18-11-17(4,5)19-25(6,22)23/h12-14,18-19H,7-11H2,1-6H3. The molecule has 146 valence electrons. The van der Waals surface area contributed by atoms with E-state index in [0.717, 1.165) is 25.7 Å². The number of nitrogens with one attached hydrogen (secondary N) is 2. The quantitative estimate of drug-likeness (QED) is 0.765. The van der Waals surface area contributed by atoms with E-state index >= 15 is 0 Å². The summed E-state index contributed by atoms with van der Waals surface area (Å²) in [6.07, 6.45) is 4.74. The fourth-order valence-electron chi connectivity index (χ4n) is 3.89. The van der Waals surface area contributed by atoms with Gasteiger partial charge in [0.25, 0.3) is 0 Å². The predicted octanol–water partition coefficient (Wildman–Crippen LogP) is 1.83. The maximum absolute atomic E-state index is 12.5. The van der Waals surface area contributed by atoms with Gasteiger partial charge in [-0.25, -0.2) is 17.9 Å². The molecular formula is C17H33N3O4S. The average molecular weight is 376 g/mol. The maximum atomic E-state index is 12.5. The third-order valence-electron chi connectivity index (χ3n) is 4.63. The minimum atomic E-state index is -3.24. The monoisotopic (exact) mass is 375 g/mol. The van der Waals surface area contributed by atoms with Crippen molar-refractivity contribution in [2.24, 2.45) is 0 Å². The van der Waals surface area contributed by atoms with E-state index < -0.39 is 21.2 Å². The van der Waals surface area contributed by atoms with Gasteiger partial charge in [0.1, 0.15) is 5.60 Å². The maximum Gasteiger partial charge on any atom is 0.410 e. The van der Waals surface area contributed by atoms with E-state index in [1.165, 1.54) is 6.26 Å². The molecule has 2 unspecified atom stereocenters. The average Bonchev–Trinajstić information content (AvgIpc) is 2.63. The van der Waals surface area contributed by atoms with Gasteiger partial charge in [0.15, 0.2) is 0 Å². The Hall–Kier alpha value is -0.860. The number of rotatable bonds is 5. The molecule has 2 atom stereocenters. The summed E-state index contributed by atoms with van der Waals surface area (Å²) >= 11 is 0. The molecule has 2 aliphatic rings. The van der Waals surface area contributed by atoms with Gasteiger partial charge in [-0.1, -0.05) is 0 Å². The first-order valence-corrected chi connectivity index (χ1v) is 10.9. The highest BCUT2D eigenvalue weighted by Gasteiger charge is 2.44. The lowest BCUT2D eigenvalue weighted by Crippen LogP contribution is -2.56. The Morgan fingerprint density at radius 3 is 2.08 bits per heavy atom. The van der Waals surface area contributed by atoms with Crippen molar-refractivity contribution in [1.29, 1.82) is 0 Å². The van der Waals surface area contributed by atoms with Crippen molar-refractivity contribution in [2.75, 3.05) is 12.8 Å². The van der Waals surface area contributed by atoms with Crippen molar-refractivity contribution < 1.29 is 17.9 Å². The first-order valence-electron chi connectivity index (χ1n) is 8.99. The highest BCUT2D eigenvalue weighted by molar-refractivity contribution is 7.88. The minimum absolute atomic E-state index is 0.206. The van der Waals surface area contributed by atoms with Crippen LogP contribution in [0.2, 0.25) is 0 Å². The highest BCUT2D eigenvalue weighted by atomic mass is 32.2. The van der Waals surface area contributed by atoms with Crippen LogP contribution in [0.3, 0.4) is 0 Å². The smallest absolute Gasteiger partial charge is 0.410 e. The van der Waals surface area contributed by atoms with Crippen LogP contribution < -0.4 is 10.0 Å². The van der Waals surface area contributed by atoms with Gasteiger partial charge in [0.05, 0.1) is 6.26 Å². The summed E-state index contributed by atoms with van der Waals surface area (Å²) in [4.78, 5) is 14.4. The fraction of sp³-hybridized carbons (Fsp3) is 0.941. The molecule has 2 N–H and O–H groups in total. The van der Waals surface area contributed by atoms with Crippen LogP contribution in [-0.2, 0) is 14.8 Å². The topological polar surface area (TPSA) is 87.7 Å². The minimum Gasteiger partial charge on any atom is -0.444 e. The highest BCUT2D eigenvalue weighted by Crippen LogP contribution is 2.36. The van der Waals surface area contributed by atoms with Crippen molar-refractivity contribution in [1.82, 2.24) is 14.9 Å². The Kier molecular flexibility index (Phi) is 5.76. The first kappa shape index (κ1) is 20.5. The third-order valence-corrected chi connectivity index (χ3v) is 5.56. The Labute approximate surface area is 151 Å². The molecule has 8 heteroatoms. The number of carbonyl (C=O) groups excluding carboxylic acids is 1. The van der Waals surface area contributed by atoms with Crippen LogP contribution in [0, 0.1) is 0 Å². The zero-order chi connectivity index (χ0) is 19.0. The summed E-state index contributed by atoms with van der Waals surface area (Å²) in [7, 11) is -3.24. The summed E-state index contributed by atoms with van der Waals surface area (Å²) < 4.78 is 31.1. The van der Waals surface area contributed by atoms with E-state index in [9.17, 15) is 13.2 Å². The van der Waals surface area contributed by atoms with Crippen LogP contribution >= 0.6 is 0 Å². The van der Waals surface area contributed by atoms with Gasteiger partial charge in [-0.3, -0.25) is 0 Å². The third kappa shape index (κ3) is 6.11. The lowest BCUT2D eigenvalue weighted by atomic mass is 9.96. The molecule has 25 heavy (non-hydrogen) atoms. The summed E-state index contributed by atoms with van der Waals surface area (Å²) in [6.45, 7) is 9.95. The van der Waals surface area contributed by atoms with Gasteiger partial charge in [0.2, 0.25) is 10.0 Å². The second kappa shape index (κ2) is 7.04. The van der Waals surface area contributed by atoms with E-state index in [1.54, 1.807) is 0 Å². The molecule has 0 spiro atoms. The van der Waals surface area contributed by atoms with Gasteiger partial charge in [0, 0.05) is 30.2 Å². The van der Waals surface area contributed by atoms with Crippen LogP contribution in [0.4, 0.5) is 4.79 Å². The fourth-order valence-corrected chi connectivity index (χ4v) is 4.97. The summed E-state index contributed by atoms with van der Waals surface area (Å²) in [5.41, 5.74) is -1.03. The van der Waals surface area contributed by atoms with Crippen LogP contribution in [-0.4, -0.2) is 61.5 Å². The van der Waals surface area contributed by atoms with E-state index in [0.29, 0.717) is 6.54 Å². The lowest BCUT2D eigenvalue weighted by Gasteiger charge is -2.40. The Balaban J connectivity index is 1.90. The van der Waals surface area contributed by atoms with Gasteiger partial charge < -0.3 is 15.0 Å². The van der Waals surface area contributed by atoms with Crippen molar-refractivity contribution in [3.05, 3.63) is 0 Å². The SMILES string of the molecule is CC(C)(CNC1CC2CCC(C1)N2C(=O)OC(C)(C)C)NS(C)(=O)=O. The van der Waals surface area contributed by atoms with Crippen molar-refractivity contribution >= 4 is 16.1 Å². The molecule has 2 saturated heterocycles. The molecule has 2 fully saturated rings. The number of hydrogen-bond acceptors (Lipinski definition) is 5. The number of nitrogens with zero attached hydrogens (tertiary/aromatic N) is 1. The van der Waals surface area contributed by atoms with Crippen molar-refractivity contribution in [3.63, 3.8) is 0 Å². The zero-order valence-electron chi connectivity index (χ0n) is 16.3. The van der Waals surface area contributed by atoms with Gasteiger partial charge in [-0.15, -0.1) is 0 Å². The largest absolute Gasteiger partial charge is 0.444 e. The van der Waals surface area contributed by atoms with Crippen LogP contribution in [0.1, 0.15) is 60.3 Å². The van der Waals surface area contributed by atoms with Gasteiger partial charge >= 0.3 is 6.09 Å². The second-order valence-electron chi connectivity index (χ2n) is 9.08. The lowest BCUT2D eigenvalue weighted by molar-refractivity contribution is 0.00452. The Bertz CT molecular complexity index is 584. The van der Waals surface area contributed by atoms with E-state index in [4.69, 9.17) is 4.74 Å². The second-order valence-corrected chi connectivity index (χ2v) is 10.8. The predicted molar refractivity (Wildman–Crippen MR) is 98.0 cm³/mol. The zero-order valence-corrected chi connectivity index (χ0v) is 17.1. The summed E-state index contributed by atoms with van der Waals surface area (Å²) in [6, 6.07) is 0.700. The van der Waals surface area contributed by atoms with E-state index in [-0.39, 0.29) is 24.2 Å². The Morgan fingerprint density at radius 2 is 1.64 bits per heavy atom. The number of fused-ring (bicyclic) bond motifs is 2. The molecule has 2 heterocycles. The molecule has 7 nitrogen and oxygen atoms in total. The van der Waals surface area contributed by atoms with E-state index in [1.807, 2.05) is 39.5 Å². The van der Waals surface area contributed by atoms with Gasteiger partial charge in [-0.05, 0) is 60.3 Å². The summed E-state index contributed by atoms with van der Waals surface area (Å²) in [5.74, 6) is 0. The normalized spacial score (nSPS) is 27.4.